The largest absolute Gasteiger partial charge is 1.00 e. The van der Waals surface area contributed by atoms with Gasteiger partial charge in [0.1, 0.15) is 0 Å². The summed E-state index contributed by atoms with van der Waals surface area (Å²) < 4.78 is 4.51. The Labute approximate surface area is 69.2 Å². The summed E-state index contributed by atoms with van der Waals surface area (Å²) in [4.78, 5) is 10.0. The fourth-order valence-corrected chi connectivity index (χ4v) is 0.475. The first-order valence-electron chi connectivity index (χ1n) is 2.05. The van der Waals surface area contributed by atoms with E-state index in [1.54, 1.807) is 0 Å². The standard InChI is InChI=1S/C4H6O2.FH.Na/c5-4-2-1-3-6-4;;/h1-3H2;1H;/q;;+1/p-1. The van der Waals surface area contributed by atoms with Crippen molar-refractivity contribution in [1.82, 2.24) is 0 Å². The molecule has 1 rings (SSSR count). The number of hydrogen-bond donors (Lipinski definition) is 0. The summed E-state index contributed by atoms with van der Waals surface area (Å²) in [5.41, 5.74) is 0. The third-order valence-corrected chi connectivity index (χ3v) is 0.788. The molecule has 0 unspecified atom stereocenters. The Morgan fingerprint density at radius 2 is 2.12 bits per heavy atom. The minimum Gasteiger partial charge on any atom is -1.00 e. The molecule has 0 amide bonds. The molecule has 1 fully saturated rings. The van der Waals surface area contributed by atoms with Crippen LogP contribution in [0.1, 0.15) is 12.8 Å². The molecule has 0 N–H and O–H groups in total. The molecule has 0 aliphatic carbocycles. The molecule has 1 aliphatic rings. The summed E-state index contributed by atoms with van der Waals surface area (Å²) in [5.74, 6) is -0.0463. The molecule has 0 spiro atoms. The van der Waals surface area contributed by atoms with Crippen molar-refractivity contribution >= 4 is 5.97 Å². The summed E-state index contributed by atoms with van der Waals surface area (Å²) in [6.07, 6.45) is 1.54. The molecular weight excluding hydrogens is 122 g/mol. The molecule has 42 valence electrons. The zero-order valence-electron chi connectivity index (χ0n) is 4.82. The summed E-state index contributed by atoms with van der Waals surface area (Å²) >= 11 is 0. The average Bonchev–Trinajstić information content (AvgIpc) is 1.86. The zero-order valence-corrected chi connectivity index (χ0v) is 6.82. The number of halogens is 1. The molecule has 0 bridgehead atoms. The van der Waals surface area contributed by atoms with Crippen LogP contribution in [0, 0.1) is 0 Å². The maximum absolute atomic E-state index is 10.0. The molecule has 0 radical (unpaired) electrons. The van der Waals surface area contributed by atoms with E-state index in [1.165, 1.54) is 0 Å². The minimum absolute atomic E-state index is 0. The monoisotopic (exact) mass is 128 g/mol. The van der Waals surface area contributed by atoms with Gasteiger partial charge in [-0.15, -0.1) is 0 Å². The SMILES string of the molecule is O=C1CCCO1.[F-].[Na+]. The molecule has 0 atom stereocenters. The van der Waals surface area contributed by atoms with E-state index in [2.05, 4.69) is 4.74 Å². The number of hydrogen-bond acceptors (Lipinski definition) is 2. The van der Waals surface area contributed by atoms with Crippen LogP contribution in [0.25, 0.3) is 0 Å². The van der Waals surface area contributed by atoms with Gasteiger partial charge in [-0.1, -0.05) is 0 Å². The van der Waals surface area contributed by atoms with Gasteiger partial charge in [-0.3, -0.25) is 4.79 Å². The Morgan fingerprint density at radius 3 is 2.25 bits per heavy atom. The predicted molar refractivity (Wildman–Crippen MR) is 20.2 cm³/mol. The van der Waals surface area contributed by atoms with E-state index in [0.29, 0.717) is 13.0 Å². The Hall–Kier alpha value is 0.400. The van der Waals surface area contributed by atoms with Crippen LogP contribution < -0.4 is 34.3 Å². The first kappa shape index (κ1) is 11.2. The van der Waals surface area contributed by atoms with E-state index < -0.39 is 0 Å². The van der Waals surface area contributed by atoms with Crippen LogP contribution in [0.15, 0.2) is 0 Å². The average molecular weight is 128 g/mol. The van der Waals surface area contributed by atoms with Gasteiger partial charge in [0.15, 0.2) is 0 Å². The molecule has 2 nitrogen and oxygen atoms in total. The van der Waals surface area contributed by atoms with E-state index in [4.69, 9.17) is 0 Å². The van der Waals surface area contributed by atoms with Crippen molar-refractivity contribution in [3.63, 3.8) is 0 Å². The van der Waals surface area contributed by atoms with Gasteiger partial charge in [-0.05, 0) is 6.42 Å². The molecule has 8 heavy (non-hydrogen) atoms. The van der Waals surface area contributed by atoms with Crippen molar-refractivity contribution in [3.05, 3.63) is 0 Å². The van der Waals surface area contributed by atoms with Gasteiger partial charge in [-0.2, -0.15) is 0 Å². The maximum atomic E-state index is 10.0. The van der Waals surface area contributed by atoms with Gasteiger partial charge >= 0.3 is 35.5 Å². The number of rotatable bonds is 0. The first-order valence-corrected chi connectivity index (χ1v) is 2.05. The quantitative estimate of drug-likeness (QED) is 0.240. The number of ether oxygens (including phenoxy) is 1. The van der Waals surface area contributed by atoms with E-state index >= 15 is 0 Å². The van der Waals surface area contributed by atoms with E-state index in [-0.39, 0.29) is 40.2 Å². The van der Waals surface area contributed by atoms with Crippen molar-refractivity contribution in [2.24, 2.45) is 0 Å². The Balaban J connectivity index is 0. The Kier molecular flexibility index (Phi) is 7.77. The van der Waals surface area contributed by atoms with E-state index in [1.807, 2.05) is 0 Å². The number of esters is 1. The molecule has 0 saturated carbocycles. The van der Waals surface area contributed by atoms with Crippen LogP contribution in [0.3, 0.4) is 0 Å². The molecule has 1 saturated heterocycles. The van der Waals surface area contributed by atoms with Crippen LogP contribution in [-0.2, 0) is 9.53 Å². The van der Waals surface area contributed by atoms with Crippen molar-refractivity contribution in [2.45, 2.75) is 12.8 Å². The van der Waals surface area contributed by atoms with Crippen LogP contribution >= 0.6 is 0 Å². The molecule has 0 aromatic rings. The van der Waals surface area contributed by atoms with Gasteiger partial charge in [-0.25, -0.2) is 0 Å². The Morgan fingerprint density at radius 1 is 1.50 bits per heavy atom. The molecule has 0 aromatic carbocycles. The van der Waals surface area contributed by atoms with Gasteiger partial charge in [0.25, 0.3) is 0 Å². The fourth-order valence-electron chi connectivity index (χ4n) is 0.475. The van der Waals surface area contributed by atoms with Crippen LogP contribution in [0.4, 0.5) is 0 Å². The van der Waals surface area contributed by atoms with Crippen molar-refractivity contribution in [3.8, 4) is 0 Å². The van der Waals surface area contributed by atoms with Crippen LogP contribution in [0.2, 0.25) is 0 Å². The first-order chi connectivity index (χ1) is 2.89. The second kappa shape index (κ2) is 5.54. The molecule has 1 heterocycles. The number of carbonyl (C=O) groups is 1. The summed E-state index contributed by atoms with van der Waals surface area (Å²) in [7, 11) is 0. The normalized spacial score (nSPS) is 15.8. The third-order valence-electron chi connectivity index (χ3n) is 0.788. The van der Waals surface area contributed by atoms with Crippen molar-refractivity contribution in [1.29, 1.82) is 0 Å². The fraction of sp³-hybridized carbons (Fsp3) is 0.750. The van der Waals surface area contributed by atoms with Gasteiger partial charge in [0.05, 0.1) is 6.61 Å². The zero-order chi connectivity index (χ0) is 4.41. The van der Waals surface area contributed by atoms with E-state index in [0.717, 1.165) is 6.42 Å². The van der Waals surface area contributed by atoms with Crippen molar-refractivity contribution < 1.29 is 43.8 Å². The maximum Gasteiger partial charge on any atom is 1.00 e. The molecular formula is C4H6FNaO2. The second-order valence-corrected chi connectivity index (χ2v) is 1.32. The summed E-state index contributed by atoms with van der Waals surface area (Å²) in [5, 5.41) is 0. The van der Waals surface area contributed by atoms with Crippen molar-refractivity contribution in [2.75, 3.05) is 6.61 Å². The summed E-state index contributed by atoms with van der Waals surface area (Å²) in [6.45, 7) is 0.638. The van der Waals surface area contributed by atoms with Gasteiger partial charge < -0.3 is 9.44 Å². The predicted octanol–water partition coefficient (Wildman–Crippen LogP) is -5.67. The Bertz CT molecular complexity index is 68.4. The minimum atomic E-state index is -0.0463. The number of carbonyl (C=O) groups excluding carboxylic acids is 1. The molecule has 1 aliphatic heterocycles. The number of cyclic esters (lactones) is 1. The van der Waals surface area contributed by atoms with Gasteiger partial charge in [0, 0.05) is 6.42 Å². The van der Waals surface area contributed by atoms with E-state index in [9.17, 15) is 4.79 Å². The smallest absolute Gasteiger partial charge is 1.00 e. The second-order valence-electron chi connectivity index (χ2n) is 1.32. The van der Waals surface area contributed by atoms with Crippen LogP contribution in [0.5, 0.6) is 0 Å². The topological polar surface area (TPSA) is 26.3 Å². The molecule has 0 aromatic heterocycles. The van der Waals surface area contributed by atoms with Gasteiger partial charge in [0.2, 0.25) is 0 Å². The summed E-state index contributed by atoms with van der Waals surface area (Å²) in [6, 6.07) is 0. The molecule has 4 heteroatoms. The third kappa shape index (κ3) is 3.41. The van der Waals surface area contributed by atoms with Crippen LogP contribution in [-0.4, -0.2) is 12.6 Å².